The molecule has 3 aromatic heterocycles. The number of aromatic nitrogens is 2. The minimum atomic E-state index is -0.528. The van der Waals surface area contributed by atoms with Crippen molar-refractivity contribution < 1.29 is 9.21 Å². The Kier molecular flexibility index (Phi) is 6.44. The van der Waals surface area contributed by atoms with Crippen LogP contribution in [0.2, 0.25) is 0 Å². The first-order valence-electron chi connectivity index (χ1n) is 9.28. The van der Waals surface area contributed by atoms with Gasteiger partial charge in [-0.2, -0.15) is 5.26 Å². The Morgan fingerprint density at radius 3 is 2.90 bits per heavy atom. The second-order valence-electron chi connectivity index (χ2n) is 6.55. The fourth-order valence-corrected chi connectivity index (χ4v) is 5.77. The van der Waals surface area contributed by atoms with Gasteiger partial charge in [-0.1, -0.05) is 48.4 Å². The number of thiophene rings is 1. The van der Waals surface area contributed by atoms with E-state index in [1.807, 2.05) is 29.6 Å². The quantitative estimate of drug-likeness (QED) is 0.381. The predicted octanol–water partition coefficient (Wildman–Crippen LogP) is 5.83. The number of amides is 1. The molecule has 1 fully saturated rings. The first-order chi connectivity index (χ1) is 14.2. The van der Waals surface area contributed by atoms with E-state index in [0.29, 0.717) is 16.1 Å². The third-order valence-electron chi connectivity index (χ3n) is 4.47. The Hall–Kier alpha value is -2.41. The van der Waals surface area contributed by atoms with Crippen molar-refractivity contribution in [3.05, 3.63) is 41.0 Å². The Bertz CT molecular complexity index is 1040. The number of nitriles is 1. The Labute approximate surface area is 180 Å². The number of carbonyl (C=O) groups excluding carboxylic acids is 1. The van der Waals surface area contributed by atoms with Gasteiger partial charge in [0.25, 0.3) is 5.91 Å². The lowest BCUT2D eigenvalue weighted by Crippen LogP contribution is -2.13. The first kappa shape index (κ1) is 19.9. The van der Waals surface area contributed by atoms with Crippen LogP contribution in [-0.2, 0) is 4.79 Å². The maximum atomic E-state index is 12.5. The molecular weight excluding hydrogens is 424 g/mol. The molecule has 1 amide bonds. The van der Waals surface area contributed by atoms with E-state index in [9.17, 15) is 10.1 Å². The van der Waals surface area contributed by atoms with Gasteiger partial charge in [-0.3, -0.25) is 10.1 Å². The van der Waals surface area contributed by atoms with Crippen molar-refractivity contribution in [1.29, 1.82) is 5.26 Å². The zero-order valence-electron chi connectivity index (χ0n) is 15.5. The zero-order chi connectivity index (χ0) is 20.1. The highest BCUT2D eigenvalue weighted by atomic mass is 32.2. The van der Waals surface area contributed by atoms with E-state index >= 15 is 0 Å². The number of furan rings is 1. The smallest absolute Gasteiger partial charge is 0.268 e. The van der Waals surface area contributed by atoms with Gasteiger partial charge in [-0.15, -0.1) is 21.5 Å². The van der Waals surface area contributed by atoms with E-state index in [-0.39, 0.29) is 5.57 Å². The van der Waals surface area contributed by atoms with Gasteiger partial charge in [0.2, 0.25) is 5.13 Å². The summed E-state index contributed by atoms with van der Waals surface area (Å²) in [5.41, 5.74) is -0.0403. The zero-order valence-corrected chi connectivity index (χ0v) is 17.9. The van der Waals surface area contributed by atoms with Crippen LogP contribution in [-0.4, -0.2) is 21.4 Å². The minimum absolute atomic E-state index is 0.0403. The number of rotatable bonds is 6. The number of hydrogen-bond donors (Lipinski definition) is 1. The van der Waals surface area contributed by atoms with Crippen molar-refractivity contribution in [2.45, 2.75) is 42.4 Å². The standard InChI is InChI=1S/C20H18N4O2S3/c21-12-13(11-14-8-9-17(26-14)28-15-5-2-1-3-6-15)18(25)22-20-24-23-19(29-20)16-7-4-10-27-16/h4,7-11,15H,1-3,5-6H2,(H,22,24,25)/b13-11-. The fraction of sp³-hybridized carbons (Fsp3) is 0.300. The van der Waals surface area contributed by atoms with Gasteiger partial charge in [0.1, 0.15) is 17.4 Å². The molecule has 0 radical (unpaired) electrons. The number of hydrogen-bond acceptors (Lipinski definition) is 8. The summed E-state index contributed by atoms with van der Waals surface area (Å²) in [5.74, 6) is -0.0363. The van der Waals surface area contributed by atoms with Crippen LogP contribution < -0.4 is 5.32 Å². The number of thioether (sulfide) groups is 1. The molecule has 0 atom stereocenters. The van der Waals surface area contributed by atoms with Crippen LogP contribution in [0, 0.1) is 11.3 Å². The summed E-state index contributed by atoms with van der Waals surface area (Å²) in [7, 11) is 0. The summed E-state index contributed by atoms with van der Waals surface area (Å²) in [6.45, 7) is 0. The molecule has 3 heterocycles. The highest BCUT2D eigenvalue weighted by molar-refractivity contribution is 7.99. The number of anilines is 1. The van der Waals surface area contributed by atoms with E-state index in [1.54, 1.807) is 29.2 Å². The Morgan fingerprint density at radius 1 is 1.28 bits per heavy atom. The molecule has 0 spiro atoms. The fourth-order valence-electron chi connectivity index (χ4n) is 3.05. The Balaban J connectivity index is 1.41. The molecule has 1 saturated carbocycles. The van der Waals surface area contributed by atoms with Gasteiger partial charge in [-0.05, 0) is 36.4 Å². The van der Waals surface area contributed by atoms with Crippen LogP contribution in [0.3, 0.4) is 0 Å². The molecule has 4 rings (SSSR count). The molecule has 9 heteroatoms. The highest BCUT2D eigenvalue weighted by Gasteiger charge is 2.17. The largest absolute Gasteiger partial charge is 0.450 e. The van der Waals surface area contributed by atoms with Crippen molar-refractivity contribution in [3.8, 4) is 16.0 Å². The SMILES string of the molecule is N#C/C(=C/c1ccc(SC2CCCCC2)o1)C(=O)Nc1nnc(-c2cccs2)s1. The van der Waals surface area contributed by atoms with E-state index < -0.39 is 5.91 Å². The van der Waals surface area contributed by atoms with Gasteiger partial charge in [0.15, 0.2) is 10.1 Å². The minimum Gasteiger partial charge on any atom is -0.450 e. The average molecular weight is 443 g/mol. The highest BCUT2D eigenvalue weighted by Crippen LogP contribution is 2.35. The number of nitrogens with one attached hydrogen (secondary N) is 1. The lowest BCUT2D eigenvalue weighted by atomic mass is 10.0. The summed E-state index contributed by atoms with van der Waals surface area (Å²) in [6, 6.07) is 9.50. The van der Waals surface area contributed by atoms with Crippen LogP contribution in [0.25, 0.3) is 16.0 Å². The summed E-state index contributed by atoms with van der Waals surface area (Å²) in [5, 5.41) is 24.6. The molecule has 0 aromatic carbocycles. The summed E-state index contributed by atoms with van der Waals surface area (Å²) in [4.78, 5) is 13.4. The topological polar surface area (TPSA) is 91.8 Å². The van der Waals surface area contributed by atoms with E-state index in [1.165, 1.54) is 49.5 Å². The molecule has 0 aliphatic heterocycles. The van der Waals surface area contributed by atoms with Crippen LogP contribution in [0.5, 0.6) is 0 Å². The maximum absolute atomic E-state index is 12.5. The molecule has 29 heavy (non-hydrogen) atoms. The molecular formula is C20H18N4O2S3. The van der Waals surface area contributed by atoms with Gasteiger partial charge in [0.05, 0.1) is 4.88 Å². The van der Waals surface area contributed by atoms with Gasteiger partial charge < -0.3 is 4.42 Å². The van der Waals surface area contributed by atoms with Crippen molar-refractivity contribution >= 4 is 51.6 Å². The molecule has 6 nitrogen and oxygen atoms in total. The monoisotopic (exact) mass is 442 g/mol. The molecule has 0 unspecified atom stereocenters. The number of nitrogens with zero attached hydrogens (tertiary/aromatic N) is 3. The van der Waals surface area contributed by atoms with Gasteiger partial charge in [0, 0.05) is 11.3 Å². The Morgan fingerprint density at radius 2 is 2.14 bits per heavy atom. The molecule has 3 aromatic rings. The van der Waals surface area contributed by atoms with Gasteiger partial charge in [-0.25, -0.2) is 0 Å². The second-order valence-corrected chi connectivity index (χ2v) is 9.78. The second kappa shape index (κ2) is 9.39. The third kappa shape index (κ3) is 5.15. The molecule has 1 aliphatic rings. The third-order valence-corrected chi connectivity index (χ3v) is 7.60. The number of carbonyl (C=O) groups is 1. The average Bonchev–Trinajstić information content (AvgIpc) is 3.49. The van der Waals surface area contributed by atoms with Crippen LogP contribution in [0.15, 0.2) is 44.7 Å². The van der Waals surface area contributed by atoms with Crippen molar-refractivity contribution in [3.63, 3.8) is 0 Å². The molecule has 148 valence electrons. The summed E-state index contributed by atoms with van der Waals surface area (Å²) < 4.78 is 5.80. The normalized spacial score (nSPS) is 15.2. The summed E-state index contributed by atoms with van der Waals surface area (Å²) >= 11 is 4.56. The van der Waals surface area contributed by atoms with E-state index in [0.717, 1.165) is 15.0 Å². The van der Waals surface area contributed by atoms with Crippen molar-refractivity contribution in [2.24, 2.45) is 0 Å². The molecule has 0 saturated heterocycles. The molecule has 1 aliphatic carbocycles. The van der Waals surface area contributed by atoms with Crippen molar-refractivity contribution in [2.75, 3.05) is 5.32 Å². The molecule has 1 N–H and O–H groups in total. The van der Waals surface area contributed by atoms with Gasteiger partial charge >= 0.3 is 0 Å². The van der Waals surface area contributed by atoms with E-state index in [2.05, 4.69) is 15.5 Å². The summed E-state index contributed by atoms with van der Waals surface area (Å²) in [6.07, 6.45) is 7.72. The maximum Gasteiger partial charge on any atom is 0.268 e. The lowest BCUT2D eigenvalue weighted by Gasteiger charge is -2.19. The van der Waals surface area contributed by atoms with Crippen LogP contribution >= 0.6 is 34.4 Å². The van der Waals surface area contributed by atoms with Crippen LogP contribution in [0.4, 0.5) is 5.13 Å². The van der Waals surface area contributed by atoms with Crippen molar-refractivity contribution in [1.82, 2.24) is 10.2 Å². The van der Waals surface area contributed by atoms with E-state index in [4.69, 9.17) is 4.42 Å². The lowest BCUT2D eigenvalue weighted by molar-refractivity contribution is -0.112. The predicted molar refractivity (Wildman–Crippen MR) is 117 cm³/mol. The van der Waals surface area contributed by atoms with Crippen LogP contribution in [0.1, 0.15) is 37.9 Å². The molecule has 0 bridgehead atoms. The first-order valence-corrected chi connectivity index (χ1v) is 11.9.